The number of amides is 1. The van der Waals surface area contributed by atoms with Crippen LogP contribution in [0.25, 0.3) is 0 Å². The predicted molar refractivity (Wildman–Crippen MR) is 155 cm³/mol. The van der Waals surface area contributed by atoms with Gasteiger partial charge in [-0.1, -0.05) is 79.3 Å². The van der Waals surface area contributed by atoms with Crippen molar-refractivity contribution >= 4 is 44.5 Å². The molecule has 1 amide bonds. The van der Waals surface area contributed by atoms with E-state index in [1.165, 1.54) is 25.7 Å². The van der Waals surface area contributed by atoms with Crippen molar-refractivity contribution in [1.29, 1.82) is 0 Å². The maximum atomic E-state index is 12.6. The number of aromatic nitrogens is 1. The molecule has 190 valence electrons. The molecule has 1 aliphatic heterocycles. The predicted octanol–water partition coefficient (Wildman–Crippen LogP) is 8.26. The minimum Gasteiger partial charge on any atom is -0.320 e. The topological polar surface area (TPSA) is 45.2 Å². The van der Waals surface area contributed by atoms with Gasteiger partial charge in [-0.3, -0.25) is 4.79 Å². The number of aryl methyl sites for hydroxylation is 1. The summed E-state index contributed by atoms with van der Waals surface area (Å²) in [6.07, 6.45) is 9.92. The number of para-hydroxylation sites is 1. The lowest BCUT2D eigenvalue weighted by molar-refractivity contribution is 0.102. The van der Waals surface area contributed by atoms with E-state index < -0.39 is 0 Å². The van der Waals surface area contributed by atoms with E-state index >= 15 is 0 Å². The number of benzene rings is 1. The fourth-order valence-corrected chi connectivity index (χ4v) is 7.28. The third kappa shape index (κ3) is 9.92. The molecule has 3 rings (SSSR count). The van der Waals surface area contributed by atoms with E-state index in [0.29, 0.717) is 11.6 Å². The van der Waals surface area contributed by atoms with Gasteiger partial charge in [0, 0.05) is 28.3 Å². The number of thiazole rings is 1. The Morgan fingerprint density at radius 1 is 1.18 bits per heavy atom. The van der Waals surface area contributed by atoms with Crippen LogP contribution in [0.2, 0.25) is 0 Å². The summed E-state index contributed by atoms with van der Waals surface area (Å²) in [7, 11) is 3.80. The van der Waals surface area contributed by atoms with Crippen molar-refractivity contribution in [3.05, 3.63) is 45.9 Å². The van der Waals surface area contributed by atoms with Gasteiger partial charge in [-0.25, -0.2) is 4.98 Å². The van der Waals surface area contributed by atoms with Gasteiger partial charge < -0.3 is 10.2 Å². The lowest BCUT2D eigenvalue weighted by Gasteiger charge is -2.36. The van der Waals surface area contributed by atoms with E-state index in [-0.39, 0.29) is 10.7 Å². The molecule has 1 fully saturated rings. The molecule has 34 heavy (non-hydrogen) atoms. The van der Waals surface area contributed by atoms with Gasteiger partial charge in [-0.2, -0.15) is 0 Å². The van der Waals surface area contributed by atoms with E-state index in [1.807, 2.05) is 58.2 Å². The SMILES string of the molecule is CCCCCC.CSSC(C)(C)CN1CCC(c2nc(C(=O)Nc3ccccc3C)cs2)CC1. The number of piperidine rings is 1. The number of hydrogen-bond acceptors (Lipinski definition) is 6. The Balaban J connectivity index is 0.000000604. The maximum Gasteiger partial charge on any atom is 0.275 e. The van der Waals surface area contributed by atoms with Crippen LogP contribution >= 0.6 is 32.9 Å². The molecule has 2 heterocycles. The highest BCUT2D eigenvalue weighted by Gasteiger charge is 2.28. The number of carbonyl (C=O) groups is 1. The van der Waals surface area contributed by atoms with Gasteiger partial charge in [0.15, 0.2) is 0 Å². The molecule has 0 spiro atoms. The van der Waals surface area contributed by atoms with Gasteiger partial charge in [0.1, 0.15) is 5.69 Å². The van der Waals surface area contributed by atoms with Crippen molar-refractivity contribution in [2.75, 3.05) is 31.2 Å². The molecule has 0 unspecified atom stereocenters. The van der Waals surface area contributed by atoms with Crippen LogP contribution in [0.3, 0.4) is 0 Å². The first-order chi connectivity index (χ1) is 16.3. The first kappa shape index (κ1) is 29.2. The molecule has 0 aliphatic carbocycles. The summed E-state index contributed by atoms with van der Waals surface area (Å²) in [5.74, 6) is 0.350. The second-order valence-electron chi connectivity index (χ2n) is 9.61. The van der Waals surface area contributed by atoms with E-state index in [9.17, 15) is 4.79 Å². The fraction of sp³-hybridized carbons (Fsp3) is 0.630. The summed E-state index contributed by atoms with van der Waals surface area (Å²) in [6.45, 7) is 14.4. The molecule has 0 bridgehead atoms. The van der Waals surface area contributed by atoms with Crippen LogP contribution < -0.4 is 5.32 Å². The zero-order valence-corrected chi connectivity index (χ0v) is 24.3. The first-order valence-electron chi connectivity index (χ1n) is 12.6. The largest absolute Gasteiger partial charge is 0.320 e. The molecule has 4 nitrogen and oxygen atoms in total. The zero-order chi connectivity index (χ0) is 25.0. The molecule has 2 aromatic rings. The van der Waals surface area contributed by atoms with Crippen molar-refractivity contribution in [2.45, 2.75) is 83.8 Å². The van der Waals surface area contributed by atoms with Crippen molar-refractivity contribution in [2.24, 2.45) is 0 Å². The fourth-order valence-electron chi connectivity index (χ4n) is 4.11. The second kappa shape index (κ2) is 15.2. The summed E-state index contributed by atoms with van der Waals surface area (Å²) in [6, 6.07) is 7.82. The third-order valence-electron chi connectivity index (χ3n) is 5.96. The average Bonchev–Trinajstić information content (AvgIpc) is 3.30. The molecule has 1 saturated heterocycles. The summed E-state index contributed by atoms with van der Waals surface area (Å²) >= 11 is 1.62. The Hall–Kier alpha value is -1.02. The summed E-state index contributed by atoms with van der Waals surface area (Å²) in [4.78, 5) is 19.8. The number of nitrogens with one attached hydrogen (secondary N) is 1. The van der Waals surface area contributed by atoms with Crippen molar-refractivity contribution in [3.8, 4) is 0 Å². The molecule has 1 aromatic heterocycles. The van der Waals surface area contributed by atoms with Gasteiger partial charge in [-0.15, -0.1) is 11.3 Å². The Morgan fingerprint density at radius 2 is 1.82 bits per heavy atom. The Labute approximate surface area is 219 Å². The van der Waals surface area contributed by atoms with Gasteiger partial charge >= 0.3 is 0 Å². The Morgan fingerprint density at radius 3 is 2.41 bits per heavy atom. The minimum absolute atomic E-state index is 0.120. The smallest absolute Gasteiger partial charge is 0.275 e. The molecular formula is C27H43N3OS3. The second-order valence-corrected chi connectivity index (χ2v) is 13.6. The van der Waals surface area contributed by atoms with Crippen LogP contribution in [0.15, 0.2) is 29.6 Å². The minimum atomic E-state index is -0.120. The number of likely N-dealkylation sites (tertiary alicyclic amines) is 1. The summed E-state index contributed by atoms with van der Waals surface area (Å²) < 4.78 is 0.272. The number of rotatable bonds is 10. The number of hydrogen-bond donors (Lipinski definition) is 1. The van der Waals surface area contributed by atoms with E-state index in [1.54, 1.807) is 11.3 Å². The van der Waals surface area contributed by atoms with E-state index in [0.717, 1.165) is 48.7 Å². The van der Waals surface area contributed by atoms with Gasteiger partial charge in [0.2, 0.25) is 0 Å². The summed E-state index contributed by atoms with van der Waals surface area (Å²) in [5, 5.41) is 5.98. The van der Waals surface area contributed by atoms with Gasteiger partial charge in [-0.05, 0) is 64.6 Å². The molecule has 0 saturated carbocycles. The monoisotopic (exact) mass is 521 g/mol. The quantitative estimate of drug-likeness (QED) is 0.252. The third-order valence-corrected chi connectivity index (χ3v) is 9.56. The van der Waals surface area contributed by atoms with Crippen LogP contribution in [0.5, 0.6) is 0 Å². The number of nitrogens with zero attached hydrogens (tertiary/aromatic N) is 2. The molecule has 0 radical (unpaired) electrons. The number of unbranched alkanes of at least 4 members (excludes halogenated alkanes) is 3. The highest BCUT2D eigenvalue weighted by Crippen LogP contribution is 2.36. The van der Waals surface area contributed by atoms with Crippen LogP contribution in [0.1, 0.15) is 93.2 Å². The van der Waals surface area contributed by atoms with Crippen molar-refractivity contribution in [3.63, 3.8) is 0 Å². The molecule has 1 aliphatic rings. The van der Waals surface area contributed by atoms with Gasteiger partial charge in [0.05, 0.1) is 5.01 Å². The van der Waals surface area contributed by atoms with Gasteiger partial charge in [0.25, 0.3) is 5.91 Å². The standard InChI is InChI=1S/C21H29N3OS3.C6H14/c1-15-7-5-6-8-17(15)22-19(25)18-13-27-20(23-18)16-9-11-24(12-10-16)14-21(2,3)28-26-4;1-3-5-6-4-2/h5-8,13,16H,9-12,14H2,1-4H3,(H,22,25);3-6H2,1-2H3. The van der Waals surface area contributed by atoms with Crippen LogP contribution in [-0.4, -0.2) is 46.4 Å². The Bertz CT molecular complexity index is 856. The average molecular weight is 522 g/mol. The van der Waals surface area contributed by atoms with Crippen LogP contribution in [-0.2, 0) is 0 Å². The Kier molecular flexibility index (Phi) is 13.0. The number of carbonyl (C=O) groups excluding carboxylic acids is 1. The van der Waals surface area contributed by atoms with E-state index in [4.69, 9.17) is 0 Å². The zero-order valence-electron chi connectivity index (χ0n) is 21.9. The molecule has 1 aromatic carbocycles. The molecule has 0 atom stereocenters. The van der Waals surface area contributed by atoms with Crippen LogP contribution in [0, 0.1) is 6.92 Å². The lowest BCUT2D eigenvalue weighted by atomic mass is 9.97. The molecule has 1 N–H and O–H groups in total. The van der Waals surface area contributed by atoms with E-state index in [2.05, 4.69) is 49.2 Å². The first-order valence-corrected chi connectivity index (χ1v) is 16.0. The normalized spacial score (nSPS) is 15.0. The molecule has 7 heteroatoms. The maximum absolute atomic E-state index is 12.6. The highest BCUT2D eigenvalue weighted by atomic mass is 33.1. The van der Waals surface area contributed by atoms with Crippen molar-refractivity contribution < 1.29 is 4.79 Å². The lowest BCUT2D eigenvalue weighted by Crippen LogP contribution is -2.40. The number of anilines is 1. The summed E-state index contributed by atoms with van der Waals surface area (Å²) in [5.41, 5.74) is 2.44. The van der Waals surface area contributed by atoms with Crippen LogP contribution in [0.4, 0.5) is 5.69 Å². The highest BCUT2D eigenvalue weighted by molar-refractivity contribution is 8.76. The van der Waals surface area contributed by atoms with Crippen molar-refractivity contribution in [1.82, 2.24) is 9.88 Å². The molecular weight excluding hydrogens is 479 g/mol.